The third kappa shape index (κ3) is 4.44. The van der Waals surface area contributed by atoms with Crippen LogP contribution in [0.1, 0.15) is 24.2 Å². The summed E-state index contributed by atoms with van der Waals surface area (Å²) in [7, 11) is 3.99. The molecule has 0 fully saturated rings. The van der Waals surface area contributed by atoms with Crippen LogP contribution in [0, 0.1) is 5.92 Å². The predicted octanol–water partition coefficient (Wildman–Crippen LogP) is 1.97. The van der Waals surface area contributed by atoms with Gasteiger partial charge in [-0.1, -0.05) is 13.8 Å². The lowest BCUT2D eigenvalue weighted by atomic mass is 10.0. The van der Waals surface area contributed by atoms with E-state index in [4.69, 9.17) is 5.73 Å². The number of nitrogens with zero attached hydrogens (tertiary/aromatic N) is 1. The zero-order valence-corrected chi connectivity index (χ0v) is 12.0. The number of likely N-dealkylation sites (N-methyl/N-ethyl adjacent to an activating group) is 1. The maximum atomic E-state index is 11.2. The lowest BCUT2D eigenvalue weighted by molar-refractivity contribution is 0.0698. The molecule has 4 N–H and O–H groups in total. The van der Waals surface area contributed by atoms with Gasteiger partial charge in [0.25, 0.3) is 0 Å². The third-order valence-electron chi connectivity index (χ3n) is 2.98. The van der Waals surface area contributed by atoms with Gasteiger partial charge in [-0.15, -0.1) is 0 Å². The molecule has 0 radical (unpaired) electrons. The molecule has 0 saturated heterocycles. The van der Waals surface area contributed by atoms with Crippen molar-refractivity contribution in [1.29, 1.82) is 0 Å². The van der Waals surface area contributed by atoms with Gasteiger partial charge in [0.05, 0.1) is 11.3 Å². The van der Waals surface area contributed by atoms with Crippen LogP contribution in [0.25, 0.3) is 0 Å². The summed E-state index contributed by atoms with van der Waals surface area (Å²) in [6.45, 7) is 5.04. The first kappa shape index (κ1) is 15.3. The first-order valence-corrected chi connectivity index (χ1v) is 6.35. The number of anilines is 2. The molecule has 0 bridgehead atoms. The highest BCUT2D eigenvalue weighted by atomic mass is 16.4. The molecule has 1 aromatic rings. The van der Waals surface area contributed by atoms with Crippen LogP contribution in [0.2, 0.25) is 0 Å². The normalized spacial score (nSPS) is 12.7. The second kappa shape index (κ2) is 6.43. The predicted molar refractivity (Wildman–Crippen MR) is 78.6 cm³/mol. The summed E-state index contributed by atoms with van der Waals surface area (Å²) >= 11 is 0. The van der Waals surface area contributed by atoms with E-state index in [0.717, 1.165) is 6.54 Å². The van der Waals surface area contributed by atoms with Crippen LogP contribution in [-0.4, -0.2) is 42.7 Å². The van der Waals surface area contributed by atoms with E-state index in [-0.39, 0.29) is 11.6 Å². The summed E-state index contributed by atoms with van der Waals surface area (Å²) in [5.74, 6) is -0.569. The summed E-state index contributed by atoms with van der Waals surface area (Å²) in [6, 6.07) is 4.97. The minimum atomic E-state index is -0.949. The Labute approximate surface area is 114 Å². The van der Waals surface area contributed by atoms with Crippen molar-refractivity contribution in [3.63, 3.8) is 0 Å². The summed E-state index contributed by atoms with van der Waals surface area (Å²) in [6.07, 6.45) is 0. The van der Waals surface area contributed by atoms with Crippen molar-refractivity contribution in [2.75, 3.05) is 31.7 Å². The number of aromatic carboxylic acids is 1. The highest BCUT2D eigenvalue weighted by Gasteiger charge is 2.18. The average molecular weight is 265 g/mol. The number of nitrogens with one attached hydrogen (secondary N) is 1. The Balaban J connectivity index is 3.01. The van der Waals surface area contributed by atoms with Crippen molar-refractivity contribution >= 4 is 17.3 Å². The first-order chi connectivity index (χ1) is 8.81. The SMILES string of the molecule is CC(C)C(CN(C)C)Nc1cc(N)ccc1C(=O)O. The Morgan fingerprint density at radius 3 is 2.53 bits per heavy atom. The molecule has 5 nitrogen and oxygen atoms in total. The first-order valence-electron chi connectivity index (χ1n) is 6.35. The fraction of sp³-hybridized carbons (Fsp3) is 0.500. The fourth-order valence-corrected chi connectivity index (χ4v) is 1.88. The van der Waals surface area contributed by atoms with Gasteiger partial charge in [-0.3, -0.25) is 0 Å². The van der Waals surface area contributed by atoms with Crippen molar-refractivity contribution in [3.05, 3.63) is 23.8 Å². The molecule has 1 rings (SSSR count). The summed E-state index contributed by atoms with van der Waals surface area (Å²) in [5, 5.41) is 12.5. The number of nitrogens with two attached hydrogens (primary N) is 1. The van der Waals surface area contributed by atoms with Crippen molar-refractivity contribution in [2.45, 2.75) is 19.9 Å². The van der Waals surface area contributed by atoms with E-state index < -0.39 is 5.97 Å². The smallest absolute Gasteiger partial charge is 0.337 e. The molecule has 5 heteroatoms. The quantitative estimate of drug-likeness (QED) is 0.685. The van der Waals surface area contributed by atoms with Crippen molar-refractivity contribution in [1.82, 2.24) is 4.90 Å². The molecule has 19 heavy (non-hydrogen) atoms. The van der Waals surface area contributed by atoms with Gasteiger partial charge < -0.3 is 21.1 Å². The number of carboxylic acid groups (broad SMARTS) is 1. The minimum absolute atomic E-state index is 0.162. The largest absolute Gasteiger partial charge is 0.478 e. The average Bonchev–Trinajstić information content (AvgIpc) is 2.26. The van der Waals surface area contributed by atoms with Gasteiger partial charge in [-0.2, -0.15) is 0 Å². The lowest BCUT2D eigenvalue weighted by Crippen LogP contribution is -2.36. The van der Waals surface area contributed by atoms with E-state index in [9.17, 15) is 9.90 Å². The Bertz CT molecular complexity index is 444. The van der Waals surface area contributed by atoms with Crippen molar-refractivity contribution in [3.8, 4) is 0 Å². The molecule has 0 aliphatic heterocycles. The molecule has 0 aliphatic carbocycles. The highest BCUT2D eigenvalue weighted by molar-refractivity contribution is 5.95. The van der Waals surface area contributed by atoms with E-state index in [1.54, 1.807) is 12.1 Å². The van der Waals surface area contributed by atoms with E-state index in [0.29, 0.717) is 17.3 Å². The second-order valence-corrected chi connectivity index (χ2v) is 5.37. The van der Waals surface area contributed by atoms with Crippen LogP contribution in [0.4, 0.5) is 11.4 Å². The number of carbonyl (C=O) groups is 1. The van der Waals surface area contributed by atoms with Crippen LogP contribution >= 0.6 is 0 Å². The summed E-state index contributed by atoms with van der Waals surface area (Å²) < 4.78 is 0. The van der Waals surface area contributed by atoms with E-state index in [1.165, 1.54) is 6.07 Å². The summed E-state index contributed by atoms with van der Waals surface area (Å²) in [5.41, 5.74) is 7.12. The molecule has 1 atom stereocenters. The van der Waals surface area contributed by atoms with Crippen LogP contribution in [0.3, 0.4) is 0 Å². The fourth-order valence-electron chi connectivity index (χ4n) is 1.88. The third-order valence-corrected chi connectivity index (χ3v) is 2.98. The Morgan fingerprint density at radius 1 is 1.42 bits per heavy atom. The maximum absolute atomic E-state index is 11.2. The molecule has 0 aromatic heterocycles. The monoisotopic (exact) mass is 265 g/mol. The molecule has 0 heterocycles. The number of hydrogen-bond acceptors (Lipinski definition) is 4. The van der Waals surface area contributed by atoms with Crippen LogP contribution in [0.15, 0.2) is 18.2 Å². The molecule has 0 spiro atoms. The number of hydrogen-bond donors (Lipinski definition) is 3. The van der Waals surface area contributed by atoms with Gasteiger partial charge in [0.15, 0.2) is 0 Å². The van der Waals surface area contributed by atoms with Gasteiger partial charge in [0, 0.05) is 18.3 Å². The zero-order chi connectivity index (χ0) is 14.6. The summed E-state index contributed by atoms with van der Waals surface area (Å²) in [4.78, 5) is 13.3. The molecule has 0 amide bonds. The molecule has 1 unspecified atom stereocenters. The minimum Gasteiger partial charge on any atom is -0.478 e. The van der Waals surface area contributed by atoms with E-state index >= 15 is 0 Å². The molecule has 106 valence electrons. The molecule has 0 aliphatic rings. The van der Waals surface area contributed by atoms with E-state index in [2.05, 4.69) is 24.1 Å². The van der Waals surface area contributed by atoms with Gasteiger partial charge in [0.1, 0.15) is 0 Å². The second-order valence-electron chi connectivity index (χ2n) is 5.37. The number of nitrogen functional groups attached to an aromatic ring is 1. The van der Waals surface area contributed by atoms with Crippen molar-refractivity contribution in [2.24, 2.45) is 5.92 Å². The zero-order valence-electron chi connectivity index (χ0n) is 12.0. The molecular weight excluding hydrogens is 242 g/mol. The highest BCUT2D eigenvalue weighted by Crippen LogP contribution is 2.22. The topological polar surface area (TPSA) is 78.6 Å². The van der Waals surface area contributed by atoms with Gasteiger partial charge in [0.2, 0.25) is 0 Å². The Hall–Kier alpha value is -1.75. The standard InChI is InChI=1S/C14H23N3O2/c1-9(2)13(8-17(3)4)16-12-7-10(15)5-6-11(12)14(18)19/h5-7,9,13,16H,8,15H2,1-4H3,(H,18,19). The Morgan fingerprint density at radius 2 is 2.05 bits per heavy atom. The van der Waals surface area contributed by atoms with Crippen LogP contribution < -0.4 is 11.1 Å². The molecule has 0 saturated carbocycles. The number of rotatable bonds is 6. The van der Waals surface area contributed by atoms with Gasteiger partial charge in [-0.25, -0.2) is 4.79 Å². The maximum Gasteiger partial charge on any atom is 0.337 e. The van der Waals surface area contributed by atoms with E-state index in [1.807, 2.05) is 14.1 Å². The molecular formula is C14H23N3O2. The number of carboxylic acids is 1. The number of benzene rings is 1. The van der Waals surface area contributed by atoms with Crippen LogP contribution in [-0.2, 0) is 0 Å². The van der Waals surface area contributed by atoms with Crippen LogP contribution in [0.5, 0.6) is 0 Å². The molecule has 1 aromatic carbocycles. The van der Waals surface area contributed by atoms with Crippen molar-refractivity contribution < 1.29 is 9.90 Å². The van der Waals surface area contributed by atoms with Gasteiger partial charge in [-0.05, 0) is 38.2 Å². The van der Waals surface area contributed by atoms with Gasteiger partial charge >= 0.3 is 5.97 Å². The lowest BCUT2D eigenvalue weighted by Gasteiger charge is -2.27. The Kier molecular flexibility index (Phi) is 5.18.